The van der Waals surface area contributed by atoms with Gasteiger partial charge in [-0.25, -0.2) is 0 Å². The summed E-state index contributed by atoms with van der Waals surface area (Å²) in [7, 11) is 0. The van der Waals surface area contributed by atoms with Gasteiger partial charge >= 0.3 is 0 Å². The van der Waals surface area contributed by atoms with E-state index in [9.17, 15) is 9.59 Å². The molecule has 5 atom stereocenters. The minimum absolute atomic E-state index is 0.245. The molecule has 2 amide bonds. The van der Waals surface area contributed by atoms with Gasteiger partial charge in [0.05, 0.1) is 37.6 Å². The SMILES string of the molecule is CCS[C@@H]1O[C@H](COCc2ccccc2)[C@@H](OCc2ccccc2)[C@H](OCc2ccccc2)[C@H]1N1C(=O)c2ccccc2C1=O. The zero-order chi connectivity index (χ0) is 31.0. The Hall–Kier alpha value is -3.79. The molecular formula is C37H37NO6S. The Labute approximate surface area is 268 Å². The van der Waals surface area contributed by atoms with Gasteiger partial charge in [0.1, 0.15) is 29.8 Å². The van der Waals surface area contributed by atoms with Crippen LogP contribution in [0.15, 0.2) is 115 Å². The van der Waals surface area contributed by atoms with Crippen LogP contribution in [0.3, 0.4) is 0 Å². The van der Waals surface area contributed by atoms with Crippen LogP contribution < -0.4 is 0 Å². The lowest BCUT2D eigenvalue weighted by Gasteiger charge is -2.48. The topological polar surface area (TPSA) is 74.3 Å². The van der Waals surface area contributed by atoms with Crippen LogP contribution in [-0.4, -0.2) is 58.9 Å². The summed E-state index contributed by atoms with van der Waals surface area (Å²) in [5.41, 5.74) is 3.24. The molecule has 0 unspecified atom stereocenters. The zero-order valence-electron chi connectivity index (χ0n) is 25.2. The van der Waals surface area contributed by atoms with Gasteiger partial charge in [0.25, 0.3) is 11.8 Å². The fraction of sp³-hybridized carbons (Fsp3) is 0.297. The standard InChI is InChI=1S/C37H37NO6S/c1-2-45-37-32(38-35(39)29-20-12-13-21-30(29)36(38)40)34(43-24-28-18-10-5-11-19-28)33(42-23-27-16-8-4-9-17-27)31(44-37)25-41-22-26-14-6-3-7-15-26/h3-21,31-34,37H,2,22-25H2,1H3/t31-,32-,33-,34-,37+/m1/s1. The van der Waals surface area contributed by atoms with Gasteiger partial charge in [0.15, 0.2) is 0 Å². The molecule has 4 aromatic rings. The van der Waals surface area contributed by atoms with Crippen LogP contribution in [0.2, 0.25) is 0 Å². The number of rotatable bonds is 13. The van der Waals surface area contributed by atoms with Gasteiger partial charge in [-0.2, -0.15) is 0 Å². The first-order chi connectivity index (χ1) is 22.1. The van der Waals surface area contributed by atoms with Gasteiger partial charge in [0, 0.05) is 0 Å². The number of carbonyl (C=O) groups is 2. The highest BCUT2D eigenvalue weighted by molar-refractivity contribution is 7.99. The molecule has 0 bridgehead atoms. The first-order valence-electron chi connectivity index (χ1n) is 15.3. The van der Waals surface area contributed by atoms with E-state index in [-0.39, 0.29) is 25.0 Å². The van der Waals surface area contributed by atoms with Crippen LogP contribution in [0.5, 0.6) is 0 Å². The van der Waals surface area contributed by atoms with Crippen LogP contribution in [-0.2, 0) is 38.8 Å². The summed E-state index contributed by atoms with van der Waals surface area (Å²) < 4.78 is 26.4. The second kappa shape index (κ2) is 15.0. The number of thioether (sulfide) groups is 1. The average Bonchev–Trinajstić information content (AvgIpc) is 3.33. The summed E-state index contributed by atoms with van der Waals surface area (Å²) >= 11 is 1.55. The number of fused-ring (bicyclic) bond motifs is 1. The zero-order valence-corrected chi connectivity index (χ0v) is 26.0. The summed E-state index contributed by atoms with van der Waals surface area (Å²) in [6.45, 7) is 3.27. The van der Waals surface area contributed by atoms with E-state index in [1.807, 2.05) is 97.9 Å². The second-order valence-corrected chi connectivity index (χ2v) is 12.4. The summed E-state index contributed by atoms with van der Waals surface area (Å²) in [6, 6.07) is 36.0. The molecule has 7 nitrogen and oxygen atoms in total. The maximum absolute atomic E-state index is 13.9. The summed E-state index contributed by atoms with van der Waals surface area (Å²) in [5, 5.41) is 0. The van der Waals surface area contributed by atoms with E-state index < -0.39 is 29.8 Å². The Morgan fingerprint density at radius 2 is 1.11 bits per heavy atom. The third-order valence-corrected chi connectivity index (χ3v) is 9.09. The van der Waals surface area contributed by atoms with Crippen molar-refractivity contribution in [3.63, 3.8) is 0 Å². The highest BCUT2D eigenvalue weighted by Crippen LogP contribution is 2.39. The van der Waals surface area contributed by atoms with Crippen molar-refractivity contribution in [2.45, 2.75) is 56.5 Å². The number of benzene rings is 4. The number of carbonyl (C=O) groups excluding carboxylic acids is 2. The van der Waals surface area contributed by atoms with Gasteiger partial charge in [-0.1, -0.05) is 110 Å². The van der Waals surface area contributed by atoms with E-state index in [0.717, 1.165) is 16.7 Å². The Morgan fingerprint density at radius 3 is 1.62 bits per heavy atom. The quantitative estimate of drug-likeness (QED) is 0.157. The smallest absolute Gasteiger partial charge is 0.262 e. The molecule has 0 saturated carbocycles. The predicted octanol–water partition coefficient (Wildman–Crippen LogP) is 6.52. The van der Waals surface area contributed by atoms with E-state index in [1.165, 1.54) is 4.90 Å². The molecular weight excluding hydrogens is 586 g/mol. The monoisotopic (exact) mass is 623 g/mol. The number of amides is 2. The van der Waals surface area contributed by atoms with E-state index in [2.05, 4.69) is 0 Å². The van der Waals surface area contributed by atoms with Crippen molar-refractivity contribution in [2.24, 2.45) is 0 Å². The Balaban J connectivity index is 1.35. The molecule has 2 aliphatic rings. The van der Waals surface area contributed by atoms with Crippen LogP contribution in [0.25, 0.3) is 0 Å². The van der Waals surface area contributed by atoms with Crippen molar-refractivity contribution in [2.75, 3.05) is 12.4 Å². The van der Waals surface area contributed by atoms with Crippen molar-refractivity contribution in [1.82, 2.24) is 4.90 Å². The third-order valence-electron chi connectivity index (χ3n) is 8.03. The van der Waals surface area contributed by atoms with Gasteiger partial charge < -0.3 is 18.9 Å². The first-order valence-corrected chi connectivity index (χ1v) is 16.4. The van der Waals surface area contributed by atoms with Gasteiger partial charge in [-0.05, 0) is 34.6 Å². The number of imide groups is 1. The van der Waals surface area contributed by atoms with Crippen molar-refractivity contribution in [3.05, 3.63) is 143 Å². The van der Waals surface area contributed by atoms with Crippen LogP contribution >= 0.6 is 11.8 Å². The molecule has 0 aliphatic carbocycles. The lowest BCUT2D eigenvalue weighted by atomic mass is 9.95. The molecule has 45 heavy (non-hydrogen) atoms. The molecule has 0 spiro atoms. The molecule has 8 heteroatoms. The summed E-state index contributed by atoms with van der Waals surface area (Å²) in [5.74, 6) is 0.0164. The third kappa shape index (κ3) is 7.21. The molecule has 0 radical (unpaired) electrons. The van der Waals surface area contributed by atoms with E-state index >= 15 is 0 Å². The highest BCUT2D eigenvalue weighted by atomic mass is 32.2. The van der Waals surface area contributed by atoms with Gasteiger partial charge in [0.2, 0.25) is 0 Å². The van der Waals surface area contributed by atoms with Crippen LogP contribution in [0.1, 0.15) is 44.3 Å². The average molecular weight is 624 g/mol. The summed E-state index contributed by atoms with van der Waals surface area (Å²) in [4.78, 5) is 29.1. The predicted molar refractivity (Wildman–Crippen MR) is 174 cm³/mol. The van der Waals surface area contributed by atoms with Gasteiger partial charge in [-0.15, -0.1) is 11.8 Å². The minimum Gasteiger partial charge on any atom is -0.374 e. The largest absolute Gasteiger partial charge is 0.374 e. The minimum atomic E-state index is -0.739. The van der Waals surface area contributed by atoms with Crippen molar-refractivity contribution < 1.29 is 28.5 Å². The number of ether oxygens (including phenoxy) is 4. The van der Waals surface area contributed by atoms with E-state index in [1.54, 1.807) is 36.0 Å². The number of hydrogen-bond acceptors (Lipinski definition) is 7. The van der Waals surface area contributed by atoms with Crippen LogP contribution in [0, 0.1) is 0 Å². The molecule has 2 aliphatic heterocycles. The molecule has 4 aromatic carbocycles. The maximum atomic E-state index is 13.9. The second-order valence-electron chi connectivity index (χ2n) is 11.0. The van der Waals surface area contributed by atoms with E-state index in [4.69, 9.17) is 18.9 Å². The fourth-order valence-electron chi connectivity index (χ4n) is 5.87. The first kappa shape index (κ1) is 31.2. The summed E-state index contributed by atoms with van der Waals surface area (Å²) in [6.07, 6.45) is -1.86. The molecule has 0 aromatic heterocycles. The molecule has 232 valence electrons. The number of hydrogen-bond donors (Lipinski definition) is 0. The number of nitrogens with zero attached hydrogens (tertiary/aromatic N) is 1. The molecule has 1 fully saturated rings. The Morgan fingerprint density at radius 1 is 0.644 bits per heavy atom. The lowest BCUT2D eigenvalue weighted by molar-refractivity contribution is -0.223. The molecule has 0 N–H and O–H groups in total. The Bertz CT molecular complexity index is 1520. The van der Waals surface area contributed by atoms with Crippen molar-refractivity contribution in [1.29, 1.82) is 0 Å². The Kier molecular flexibility index (Phi) is 10.4. The normalized spacial score (nSPS) is 22.9. The molecule has 1 saturated heterocycles. The fourth-order valence-corrected chi connectivity index (χ4v) is 6.89. The maximum Gasteiger partial charge on any atom is 0.262 e. The van der Waals surface area contributed by atoms with Gasteiger partial charge in [-0.3, -0.25) is 14.5 Å². The van der Waals surface area contributed by atoms with Crippen molar-refractivity contribution in [3.8, 4) is 0 Å². The lowest BCUT2D eigenvalue weighted by Crippen LogP contribution is -2.65. The van der Waals surface area contributed by atoms with E-state index in [0.29, 0.717) is 30.1 Å². The molecule has 6 rings (SSSR count). The highest BCUT2D eigenvalue weighted by Gasteiger charge is 2.54. The molecule has 2 heterocycles. The van der Waals surface area contributed by atoms with Crippen molar-refractivity contribution >= 4 is 23.6 Å². The van der Waals surface area contributed by atoms with Crippen LogP contribution in [0.4, 0.5) is 0 Å².